The van der Waals surface area contributed by atoms with Gasteiger partial charge in [-0.15, -0.1) is 0 Å². The van der Waals surface area contributed by atoms with Gasteiger partial charge in [0.2, 0.25) is 0 Å². The van der Waals surface area contributed by atoms with E-state index in [0.29, 0.717) is 18.1 Å². The van der Waals surface area contributed by atoms with E-state index in [4.69, 9.17) is 18.0 Å². The Labute approximate surface area is 117 Å². The molecule has 0 saturated carbocycles. The van der Waals surface area contributed by atoms with Crippen molar-refractivity contribution in [2.75, 3.05) is 18.5 Å². The summed E-state index contributed by atoms with van der Waals surface area (Å²) in [5.74, 6) is 0.257. The average molecular weight is 281 g/mol. The number of piperidine rings is 1. The highest BCUT2D eigenvalue weighted by molar-refractivity contribution is 7.80. The van der Waals surface area contributed by atoms with Crippen molar-refractivity contribution in [2.45, 2.75) is 26.7 Å². The van der Waals surface area contributed by atoms with Gasteiger partial charge in [-0.05, 0) is 32.8 Å². The van der Waals surface area contributed by atoms with Crippen LogP contribution in [0.4, 0.5) is 4.79 Å². The molecule has 6 nitrogen and oxygen atoms in total. The van der Waals surface area contributed by atoms with Crippen molar-refractivity contribution in [1.82, 2.24) is 14.8 Å². The highest BCUT2D eigenvalue weighted by atomic mass is 32.1. The Balaban J connectivity index is 1.91. The number of hydrogen-bond donors (Lipinski definition) is 2. The first-order valence-electron chi connectivity index (χ1n) is 6.36. The molecule has 1 aliphatic rings. The molecule has 2 rings (SSSR count). The lowest BCUT2D eigenvalue weighted by Gasteiger charge is -2.31. The van der Waals surface area contributed by atoms with Crippen LogP contribution in [-0.4, -0.2) is 38.9 Å². The minimum atomic E-state index is -0.132. The van der Waals surface area contributed by atoms with E-state index < -0.39 is 0 Å². The van der Waals surface area contributed by atoms with Gasteiger partial charge in [-0.1, -0.05) is 12.2 Å². The van der Waals surface area contributed by atoms with Crippen LogP contribution in [0.15, 0.2) is 6.07 Å². The van der Waals surface area contributed by atoms with Gasteiger partial charge in [0.05, 0.1) is 16.4 Å². The minimum absolute atomic E-state index is 0.132. The fraction of sp³-hybridized carbons (Fsp3) is 0.583. The number of nitrogens with two attached hydrogens (primary N) is 1. The fourth-order valence-corrected chi connectivity index (χ4v) is 2.51. The summed E-state index contributed by atoms with van der Waals surface area (Å²) in [6.07, 6.45) is 1.67. The third-order valence-electron chi connectivity index (χ3n) is 3.40. The third-order valence-corrected chi connectivity index (χ3v) is 3.73. The van der Waals surface area contributed by atoms with E-state index in [2.05, 4.69) is 10.5 Å². The van der Waals surface area contributed by atoms with E-state index in [1.165, 1.54) is 4.79 Å². The number of nitrogens with one attached hydrogen (secondary N) is 1. The lowest BCUT2D eigenvalue weighted by Crippen LogP contribution is -2.45. The van der Waals surface area contributed by atoms with Gasteiger partial charge in [0.15, 0.2) is 0 Å². The molecule has 1 fully saturated rings. The Morgan fingerprint density at radius 2 is 2.11 bits per heavy atom. The molecule has 1 aliphatic heterocycles. The highest BCUT2D eigenvalue weighted by Gasteiger charge is 2.24. The summed E-state index contributed by atoms with van der Waals surface area (Å²) in [5.41, 5.74) is 10.2. The number of likely N-dealkylation sites (tertiary alicyclic amines) is 1. The van der Waals surface area contributed by atoms with Crippen molar-refractivity contribution in [2.24, 2.45) is 11.7 Å². The number of aromatic nitrogens is 2. The normalized spacial score (nSPS) is 16.4. The molecular weight excluding hydrogens is 262 g/mol. The summed E-state index contributed by atoms with van der Waals surface area (Å²) in [4.78, 5) is 15.9. The van der Waals surface area contributed by atoms with Crippen LogP contribution in [0.2, 0.25) is 0 Å². The molecule has 2 heterocycles. The van der Waals surface area contributed by atoms with Gasteiger partial charge < -0.3 is 10.6 Å². The Kier molecular flexibility index (Phi) is 4.04. The summed E-state index contributed by atoms with van der Waals surface area (Å²) in [6, 6.07) is 1.78. The lowest BCUT2D eigenvalue weighted by atomic mass is 9.97. The molecule has 0 aromatic carbocycles. The van der Waals surface area contributed by atoms with Crippen LogP contribution in [0.5, 0.6) is 0 Å². The van der Waals surface area contributed by atoms with Crippen LogP contribution in [0.1, 0.15) is 24.2 Å². The molecule has 3 N–H and O–H groups in total. The number of urea groups is 1. The quantitative estimate of drug-likeness (QED) is 0.798. The summed E-state index contributed by atoms with van der Waals surface area (Å²) >= 11 is 4.99. The van der Waals surface area contributed by atoms with Crippen LogP contribution in [-0.2, 0) is 0 Å². The predicted molar refractivity (Wildman–Crippen MR) is 77.5 cm³/mol. The van der Waals surface area contributed by atoms with E-state index in [-0.39, 0.29) is 11.9 Å². The zero-order chi connectivity index (χ0) is 14.0. The molecule has 1 aromatic heterocycles. The largest absolute Gasteiger partial charge is 0.393 e. The molecule has 19 heavy (non-hydrogen) atoms. The molecular formula is C12H19N5OS. The predicted octanol–water partition coefficient (Wildman–Crippen LogP) is 1.16. The van der Waals surface area contributed by atoms with E-state index in [0.717, 1.165) is 24.2 Å². The van der Waals surface area contributed by atoms with E-state index >= 15 is 0 Å². The van der Waals surface area contributed by atoms with Crippen molar-refractivity contribution in [1.29, 1.82) is 0 Å². The van der Waals surface area contributed by atoms with Gasteiger partial charge in [0, 0.05) is 19.0 Å². The Morgan fingerprint density at radius 1 is 1.47 bits per heavy atom. The first-order valence-corrected chi connectivity index (χ1v) is 6.76. The molecule has 7 heteroatoms. The molecule has 0 atom stereocenters. The number of nitrogens with zero attached hydrogens (tertiary/aromatic N) is 3. The van der Waals surface area contributed by atoms with Crippen molar-refractivity contribution < 1.29 is 4.79 Å². The zero-order valence-corrected chi connectivity index (χ0v) is 12.0. The molecule has 2 amide bonds. The maximum absolute atomic E-state index is 12.1. The van der Waals surface area contributed by atoms with Gasteiger partial charge in [-0.2, -0.15) is 9.89 Å². The molecule has 1 saturated heterocycles. The monoisotopic (exact) mass is 281 g/mol. The van der Waals surface area contributed by atoms with Crippen molar-refractivity contribution in [3.63, 3.8) is 0 Å². The van der Waals surface area contributed by atoms with Crippen molar-refractivity contribution >= 4 is 23.2 Å². The first kappa shape index (κ1) is 13.8. The fourth-order valence-electron chi connectivity index (χ4n) is 2.27. The molecule has 0 radical (unpaired) electrons. The summed E-state index contributed by atoms with van der Waals surface area (Å²) in [5, 5.41) is 4.21. The van der Waals surface area contributed by atoms with Gasteiger partial charge >= 0.3 is 6.03 Å². The van der Waals surface area contributed by atoms with E-state index in [9.17, 15) is 4.79 Å². The zero-order valence-electron chi connectivity index (χ0n) is 11.2. The van der Waals surface area contributed by atoms with E-state index in [1.54, 1.807) is 4.90 Å². The summed E-state index contributed by atoms with van der Waals surface area (Å²) < 4.78 is 0. The van der Waals surface area contributed by atoms with Gasteiger partial charge in [0.1, 0.15) is 0 Å². The van der Waals surface area contributed by atoms with Crippen LogP contribution in [0.3, 0.4) is 0 Å². The Morgan fingerprint density at radius 3 is 2.58 bits per heavy atom. The second-order valence-electron chi connectivity index (χ2n) is 4.92. The number of amides is 2. The maximum Gasteiger partial charge on any atom is 0.337 e. The first-order chi connectivity index (χ1) is 8.97. The second kappa shape index (κ2) is 5.56. The smallest absolute Gasteiger partial charge is 0.337 e. The van der Waals surface area contributed by atoms with Crippen molar-refractivity contribution in [3.05, 3.63) is 17.5 Å². The molecule has 1 aromatic rings. The highest BCUT2D eigenvalue weighted by Crippen LogP contribution is 2.17. The van der Waals surface area contributed by atoms with Crippen molar-refractivity contribution in [3.8, 4) is 0 Å². The number of carbonyl (C=O) groups is 1. The van der Waals surface area contributed by atoms with Crippen LogP contribution in [0.25, 0.3) is 0 Å². The SMILES string of the molecule is Cc1cc(C)n(NC(=O)N2CCC(C(N)=S)CC2)n1. The number of hydrogen-bond acceptors (Lipinski definition) is 3. The van der Waals surface area contributed by atoms with Crippen LogP contribution < -0.4 is 11.2 Å². The summed E-state index contributed by atoms with van der Waals surface area (Å²) in [7, 11) is 0. The lowest BCUT2D eigenvalue weighted by molar-refractivity contribution is 0.190. The molecule has 104 valence electrons. The van der Waals surface area contributed by atoms with Gasteiger partial charge in [-0.3, -0.25) is 0 Å². The van der Waals surface area contributed by atoms with Crippen LogP contribution >= 0.6 is 12.2 Å². The number of thiocarbonyl (C=S) groups is 1. The topological polar surface area (TPSA) is 76.2 Å². The molecule has 0 unspecified atom stereocenters. The molecule has 0 spiro atoms. The van der Waals surface area contributed by atoms with Gasteiger partial charge in [-0.25, -0.2) is 10.2 Å². The minimum Gasteiger partial charge on any atom is -0.393 e. The number of rotatable bonds is 2. The standard InChI is InChI=1S/C12H19N5OS/c1-8-7-9(2)17(14-8)15-12(18)16-5-3-10(4-6-16)11(13)19/h7,10H,3-6H2,1-2H3,(H2,13,19)(H,15,18). The van der Waals surface area contributed by atoms with Gasteiger partial charge in [0.25, 0.3) is 0 Å². The average Bonchev–Trinajstić information content (AvgIpc) is 2.68. The van der Waals surface area contributed by atoms with Crippen LogP contribution in [0, 0.1) is 19.8 Å². The third kappa shape index (κ3) is 3.23. The maximum atomic E-state index is 12.1. The van der Waals surface area contributed by atoms with E-state index in [1.807, 2.05) is 19.9 Å². The number of carbonyl (C=O) groups excluding carboxylic acids is 1. The molecule has 0 aliphatic carbocycles. The summed E-state index contributed by atoms with van der Waals surface area (Å²) in [6.45, 7) is 5.14. The second-order valence-corrected chi connectivity index (χ2v) is 5.39. The molecule has 0 bridgehead atoms. The number of aryl methyl sites for hydroxylation is 2. The Hall–Kier alpha value is -1.63. The Bertz CT molecular complexity index is 490.